The molecule has 8 nitrogen and oxygen atoms in total. The van der Waals surface area contributed by atoms with Crippen LogP contribution in [0.1, 0.15) is 0 Å². The molecule has 0 aliphatic rings. The number of hydrogen-bond donors (Lipinski definition) is 3. The predicted octanol–water partition coefficient (Wildman–Crippen LogP) is 0.838. The van der Waals surface area contributed by atoms with E-state index in [0.29, 0.717) is 5.82 Å². The molecule has 0 unspecified atom stereocenters. The van der Waals surface area contributed by atoms with Crippen molar-refractivity contribution in [1.82, 2.24) is 20.0 Å². The number of sulfonamides is 1. The van der Waals surface area contributed by atoms with Crippen LogP contribution in [0.3, 0.4) is 0 Å². The summed E-state index contributed by atoms with van der Waals surface area (Å²) >= 11 is 0. The Kier molecular flexibility index (Phi) is 4.33. The molecule has 0 aromatic carbocycles. The molecule has 3 N–H and O–H groups in total. The highest BCUT2D eigenvalue weighted by molar-refractivity contribution is 7.90. The van der Waals surface area contributed by atoms with Crippen molar-refractivity contribution in [1.29, 1.82) is 0 Å². The maximum Gasteiger partial charge on any atom is 0.328 e. The van der Waals surface area contributed by atoms with Gasteiger partial charge in [0.1, 0.15) is 10.7 Å². The van der Waals surface area contributed by atoms with Gasteiger partial charge in [-0.3, -0.25) is 4.98 Å². The maximum absolute atomic E-state index is 12.1. The molecule has 21 heavy (non-hydrogen) atoms. The lowest BCUT2D eigenvalue weighted by molar-refractivity contribution is 0.248. The summed E-state index contributed by atoms with van der Waals surface area (Å²) in [5, 5.41) is 5.05. The molecule has 0 bridgehead atoms. The van der Waals surface area contributed by atoms with Crippen LogP contribution in [0.5, 0.6) is 0 Å². The summed E-state index contributed by atoms with van der Waals surface area (Å²) in [6.45, 7) is 0. The summed E-state index contributed by atoms with van der Waals surface area (Å²) in [5.41, 5.74) is 0.264. The Labute approximate surface area is 121 Å². The first kappa shape index (κ1) is 14.7. The summed E-state index contributed by atoms with van der Waals surface area (Å²) in [6.07, 6.45) is 4.15. The van der Waals surface area contributed by atoms with Crippen molar-refractivity contribution in [3.63, 3.8) is 0 Å². The van der Waals surface area contributed by atoms with E-state index in [-0.39, 0.29) is 10.6 Å². The number of amides is 2. The third-order valence-corrected chi connectivity index (χ3v) is 3.81. The van der Waals surface area contributed by atoms with E-state index in [4.69, 9.17) is 0 Å². The molecule has 2 aromatic rings. The van der Waals surface area contributed by atoms with E-state index in [1.807, 2.05) is 4.72 Å². The van der Waals surface area contributed by atoms with Crippen LogP contribution in [0.4, 0.5) is 16.3 Å². The Morgan fingerprint density at radius 3 is 2.67 bits per heavy atom. The van der Waals surface area contributed by atoms with Crippen LogP contribution < -0.4 is 15.4 Å². The molecule has 2 aromatic heterocycles. The van der Waals surface area contributed by atoms with E-state index in [2.05, 4.69) is 20.6 Å². The van der Waals surface area contributed by atoms with Gasteiger partial charge in [-0.15, -0.1) is 0 Å². The van der Waals surface area contributed by atoms with Gasteiger partial charge in [0.25, 0.3) is 10.0 Å². The Hall–Kier alpha value is -2.68. The Morgan fingerprint density at radius 1 is 1.19 bits per heavy atom. The molecule has 0 saturated heterocycles. The van der Waals surface area contributed by atoms with Crippen molar-refractivity contribution in [2.24, 2.45) is 0 Å². The summed E-state index contributed by atoms with van der Waals surface area (Å²) in [5.74, 6) is 0.472. The number of aromatic nitrogens is 2. The average Bonchev–Trinajstić information content (AvgIpc) is 2.48. The molecule has 2 amide bonds. The first-order valence-corrected chi connectivity index (χ1v) is 7.38. The normalized spacial score (nSPS) is 10.7. The van der Waals surface area contributed by atoms with Gasteiger partial charge in [-0.1, -0.05) is 6.07 Å². The van der Waals surface area contributed by atoms with E-state index >= 15 is 0 Å². The quantitative estimate of drug-likeness (QED) is 0.771. The largest absolute Gasteiger partial charge is 0.340 e. The second kappa shape index (κ2) is 6.18. The van der Waals surface area contributed by atoms with Gasteiger partial charge >= 0.3 is 6.03 Å². The zero-order chi connectivity index (χ0) is 15.3. The van der Waals surface area contributed by atoms with Crippen LogP contribution >= 0.6 is 0 Å². The highest BCUT2D eigenvalue weighted by atomic mass is 32.2. The first-order chi connectivity index (χ1) is 10.0. The summed E-state index contributed by atoms with van der Waals surface area (Å²) in [7, 11) is -2.72. The minimum absolute atomic E-state index is 0.153. The van der Waals surface area contributed by atoms with Gasteiger partial charge in [-0.05, 0) is 18.2 Å². The number of pyridine rings is 2. The molecular formula is C12H13N5O3S. The second-order valence-corrected chi connectivity index (χ2v) is 5.55. The first-order valence-electron chi connectivity index (χ1n) is 5.89. The highest BCUT2D eigenvalue weighted by Gasteiger charge is 2.21. The van der Waals surface area contributed by atoms with Crippen molar-refractivity contribution in [3.05, 3.63) is 42.9 Å². The zero-order valence-electron chi connectivity index (χ0n) is 11.1. The smallest absolute Gasteiger partial charge is 0.328 e. The van der Waals surface area contributed by atoms with E-state index < -0.39 is 16.1 Å². The van der Waals surface area contributed by atoms with Gasteiger partial charge in [0.05, 0.1) is 5.69 Å². The van der Waals surface area contributed by atoms with E-state index in [9.17, 15) is 13.2 Å². The molecule has 9 heteroatoms. The van der Waals surface area contributed by atoms with Crippen LogP contribution in [-0.4, -0.2) is 31.5 Å². The number of hydrogen-bond acceptors (Lipinski definition) is 6. The molecule has 0 fully saturated rings. The molecule has 2 heterocycles. The van der Waals surface area contributed by atoms with Gasteiger partial charge in [-0.2, -0.15) is 0 Å². The summed E-state index contributed by atoms with van der Waals surface area (Å²) in [4.78, 5) is 18.9. The topological polar surface area (TPSA) is 113 Å². The van der Waals surface area contributed by atoms with Crippen LogP contribution in [0.25, 0.3) is 0 Å². The van der Waals surface area contributed by atoms with Crippen LogP contribution in [0.2, 0.25) is 0 Å². The number of anilines is 2. The maximum atomic E-state index is 12.1. The Bertz CT molecular complexity index is 734. The molecular weight excluding hydrogens is 294 g/mol. The van der Waals surface area contributed by atoms with Gasteiger partial charge in [0, 0.05) is 25.6 Å². The highest BCUT2D eigenvalue weighted by Crippen LogP contribution is 2.22. The fourth-order valence-corrected chi connectivity index (χ4v) is 2.56. The van der Waals surface area contributed by atoms with Gasteiger partial charge in [0.2, 0.25) is 0 Å². The Balaban J connectivity index is 2.35. The molecule has 0 spiro atoms. The lowest BCUT2D eigenvalue weighted by Gasteiger charge is -2.12. The van der Waals surface area contributed by atoms with Crippen LogP contribution in [-0.2, 0) is 10.0 Å². The van der Waals surface area contributed by atoms with Crippen molar-refractivity contribution >= 4 is 27.6 Å². The molecule has 2 rings (SSSR count). The average molecular weight is 307 g/mol. The predicted molar refractivity (Wildman–Crippen MR) is 76.5 cm³/mol. The van der Waals surface area contributed by atoms with Crippen molar-refractivity contribution < 1.29 is 13.2 Å². The van der Waals surface area contributed by atoms with Gasteiger partial charge in [-0.25, -0.2) is 22.9 Å². The minimum Gasteiger partial charge on any atom is -0.340 e. The van der Waals surface area contributed by atoms with Crippen molar-refractivity contribution in [2.75, 3.05) is 12.4 Å². The van der Waals surface area contributed by atoms with E-state index in [1.54, 1.807) is 24.4 Å². The van der Waals surface area contributed by atoms with Crippen LogP contribution in [0, 0.1) is 0 Å². The van der Waals surface area contributed by atoms with Crippen molar-refractivity contribution in [3.8, 4) is 0 Å². The number of nitrogens with zero attached hydrogens (tertiary/aromatic N) is 2. The fourth-order valence-electron chi connectivity index (χ4n) is 1.50. The van der Waals surface area contributed by atoms with Crippen molar-refractivity contribution in [2.45, 2.75) is 4.90 Å². The molecule has 0 aliphatic heterocycles. The number of carbonyl (C=O) groups excluding carboxylic acids is 1. The third kappa shape index (κ3) is 3.66. The third-order valence-electron chi connectivity index (χ3n) is 2.46. The molecule has 0 atom stereocenters. The fraction of sp³-hybridized carbons (Fsp3) is 0.0833. The Morgan fingerprint density at radius 2 is 2.00 bits per heavy atom. The lowest BCUT2D eigenvalue weighted by atomic mass is 10.4. The standard InChI is InChI=1S/C12H13N5O3S/c1-13-12(18)17-21(19,20)10-8-14-7-5-9(10)16-11-4-2-3-6-15-11/h2-8H,1H3,(H2,13,17,18)(H,14,15,16). The number of carbonyl (C=O) groups is 1. The van der Waals surface area contributed by atoms with E-state index in [1.165, 1.54) is 19.3 Å². The molecule has 0 radical (unpaired) electrons. The second-order valence-electron chi connectivity index (χ2n) is 3.90. The van der Waals surface area contributed by atoms with Gasteiger partial charge < -0.3 is 10.6 Å². The summed E-state index contributed by atoms with van der Waals surface area (Å²) in [6, 6.07) is 5.83. The van der Waals surface area contributed by atoms with Gasteiger partial charge in [0.15, 0.2) is 0 Å². The lowest BCUT2D eigenvalue weighted by Crippen LogP contribution is -2.37. The molecule has 0 aliphatic carbocycles. The number of rotatable bonds is 4. The molecule has 0 saturated carbocycles. The zero-order valence-corrected chi connectivity index (χ0v) is 11.9. The number of urea groups is 1. The SMILES string of the molecule is CNC(=O)NS(=O)(=O)c1cnccc1Nc1ccccn1. The molecule has 110 valence electrons. The van der Waals surface area contributed by atoms with E-state index in [0.717, 1.165) is 6.20 Å². The summed E-state index contributed by atoms with van der Waals surface area (Å²) < 4.78 is 26.2. The monoisotopic (exact) mass is 307 g/mol. The van der Waals surface area contributed by atoms with Crippen LogP contribution in [0.15, 0.2) is 47.8 Å². The number of nitrogens with one attached hydrogen (secondary N) is 3. The minimum atomic E-state index is -4.04.